The van der Waals surface area contributed by atoms with Crippen LogP contribution in [0.3, 0.4) is 0 Å². The minimum atomic E-state index is -0.850. The molecule has 0 saturated heterocycles. The molecule has 0 spiro atoms. The zero-order chi connectivity index (χ0) is 51.9. The van der Waals surface area contributed by atoms with Gasteiger partial charge in [0.05, 0.1) is 30.7 Å². The normalized spacial score (nSPS) is 12.7. The zero-order valence-corrected chi connectivity index (χ0v) is 43.5. The smallest absolute Gasteiger partial charge is 0.347 e. The number of halogens is 1. The summed E-state index contributed by atoms with van der Waals surface area (Å²) in [6.07, 6.45) is 0. The Labute approximate surface area is 432 Å². The molecule has 21 nitrogen and oxygen atoms in total. The highest BCUT2D eigenvalue weighted by molar-refractivity contribution is 6.04. The summed E-state index contributed by atoms with van der Waals surface area (Å²) in [6.45, 7) is 2.56. The Bertz CT molecular complexity index is 2830. The minimum Gasteiger partial charge on any atom is -1.00 e. The van der Waals surface area contributed by atoms with Gasteiger partial charge in [-0.1, -0.05) is 6.07 Å². The summed E-state index contributed by atoms with van der Waals surface area (Å²) in [5, 5.41) is 1.55. The average Bonchev–Trinajstić information content (AvgIpc) is 3.32. The van der Waals surface area contributed by atoms with Crippen LogP contribution in [0.4, 0.5) is 17.1 Å². The number of anilines is 3. The first kappa shape index (κ1) is 56.3. The molecule has 6 rings (SSSR count). The van der Waals surface area contributed by atoms with Crippen LogP contribution >= 0.6 is 0 Å². The fourth-order valence-electron chi connectivity index (χ4n) is 7.38. The molecule has 3 aromatic carbocycles. The summed E-state index contributed by atoms with van der Waals surface area (Å²) in [7, 11) is 7.67. The average molecular weight is 1080 g/mol. The number of carbonyl (C=O) groups excluding carboxylic acids is 6. The number of nitrogens with zero attached hydrogens (tertiary/aromatic N) is 4. The summed E-state index contributed by atoms with van der Waals surface area (Å²) in [5.74, 6) is -2.84. The van der Waals surface area contributed by atoms with Gasteiger partial charge in [0.2, 0.25) is 25.7 Å². The monoisotopic (exact) mass is 1080 g/mol. The Morgan fingerprint density at radius 1 is 0.630 bits per heavy atom. The number of hydrogen-bond acceptors (Lipinski definition) is 20. The molecule has 73 heavy (non-hydrogen) atoms. The van der Waals surface area contributed by atoms with Gasteiger partial charge in [-0.05, 0) is 48.9 Å². The lowest BCUT2D eigenvalue weighted by Gasteiger charge is -2.28. The maximum atomic E-state index is 13.5. The van der Waals surface area contributed by atoms with Gasteiger partial charge in [0, 0.05) is 93.9 Å². The van der Waals surface area contributed by atoms with Crippen LogP contribution in [0, 0.1) is 6.92 Å². The number of hydrogen-bond donors (Lipinski definition) is 0. The molecular formula is C51H59BrN4O17. The van der Waals surface area contributed by atoms with Crippen molar-refractivity contribution in [2.24, 2.45) is 0 Å². The molecule has 0 atom stereocenters. The van der Waals surface area contributed by atoms with E-state index in [1.807, 2.05) is 99.2 Å². The van der Waals surface area contributed by atoms with Crippen molar-refractivity contribution in [1.29, 1.82) is 0 Å². The molecule has 392 valence electrons. The molecule has 0 unspecified atom stereocenters. The van der Waals surface area contributed by atoms with E-state index < -0.39 is 69.3 Å². The number of esters is 6. The Balaban J connectivity index is 0.00000988. The first-order valence-corrected chi connectivity index (χ1v) is 22.8. The van der Waals surface area contributed by atoms with Crippen molar-refractivity contribution < 1.29 is 97.5 Å². The Morgan fingerprint density at radius 3 is 1.78 bits per heavy atom. The molecule has 2 aliphatic heterocycles. The van der Waals surface area contributed by atoms with E-state index in [0.717, 1.165) is 16.6 Å². The van der Waals surface area contributed by atoms with E-state index in [4.69, 9.17) is 51.8 Å². The van der Waals surface area contributed by atoms with Gasteiger partial charge in [0.15, 0.2) is 6.61 Å². The molecule has 0 aromatic heterocycles. The van der Waals surface area contributed by atoms with Crippen molar-refractivity contribution in [2.45, 2.75) is 27.7 Å². The van der Waals surface area contributed by atoms with Crippen molar-refractivity contribution in [3.8, 4) is 39.7 Å². The molecule has 0 fully saturated rings. The second kappa shape index (κ2) is 26.7. The van der Waals surface area contributed by atoms with Gasteiger partial charge in [-0.15, -0.1) is 0 Å². The Hall–Kier alpha value is -7.59. The standard InChI is InChI=1S/C51H59N4O17.BrH/c1-32-9-14-41-46(21-32)63-19-20-64-47-24-40(51-38-12-10-36(52(5)6)22-44(38)72-45-23-37(53(7)8)11-13-39(45)51)43(65-28-50(61)71-31-68-35(4)58)25-42(47)55(27-49(60)70-30-67-34(3)57)16-18-62-17-15-54(41)26-48(59)69-29-66-33(2)56;/h9-14,21-25H,15-20,26-31H2,1-8H3;1H/q+1;/p-1. The summed E-state index contributed by atoms with van der Waals surface area (Å²) < 4.78 is 64.2. The van der Waals surface area contributed by atoms with Crippen molar-refractivity contribution in [3.05, 3.63) is 77.7 Å². The number of rotatable bonds is 15. The van der Waals surface area contributed by atoms with Crippen LogP contribution in [0.1, 0.15) is 26.3 Å². The van der Waals surface area contributed by atoms with Gasteiger partial charge >= 0.3 is 35.8 Å². The van der Waals surface area contributed by atoms with Gasteiger partial charge < -0.3 is 83.5 Å². The molecule has 22 heteroatoms. The highest BCUT2D eigenvalue weighted by Gasteiger charge is 2.27. The third kappa shape index (κ3) is 16.0. The summed E-state index contributed by atoms with van der Waals surface area (Å²) in [5.41, 5.74) is 4.92. The van der Waals surface area contributed by atoms with Crippen LogP contribution in [-0.2, 0) is 61.9 Å². The van der Waals surface area contributed by atoms with E-state index in [2.05, 4.69) is 0 Å². The van der Waals surface area contributed by atoms with E-state index in [-0.39, 0.29) is 74.5 Å². The highest BCUT2D eigenvalue weighted by Crippen LogP contribution is 2.48. The van der Waals surface area contributed by atoms with Crippen molar-refractivity contribution in [1.82, 2.24) is 4.58 Å². The second-order valence-electron chi connectivity index (χ2n) is 16.7. The maximum Gasteiger partial charge on any atom is 0.347 e. The minimum absolute atomic E-state index is 0. The maximum absolute atomic E-state index is 13.5. The van der Waals surface area contributed by atoms with E-state index in [0.29, 0.717) is 50.5 Å². The number of fused-ring (bicyclic) bond motifs is 4. The first-order chi connectivity index (χ1) is 34.5. The van der Waals surface area contributed by atoms with E-state index >= 15 is 0 Å². The largest absolute Gasteiger partial charge is 1.00 e. The van der Waals surface area contributed by atoms with E-state index in [1.54, 1.807) is 21.9 Å². The van der Waals surface area contributed by atoms with Crippen LogP contribution in [0.25, 0.3) is 33.4 Å². The van der Waals surface area contributed by atoms with Crippen LogP contribution in [0.5, 0.6) is 17.2 Å². The van der Waals surface area contributed by atoms with Crippen molar-refractivity contribution in [3.63, 3.8) is 0 Å². The van der Waals surface area contributed by atoms with Gasteiger partial charge in [0.1, 0.15) is 69.0 Å². The quantitative estimate of drug-likeness (QED) is 0.0474. The molecule has 0 N–H and O–H groups in total. The number of aryl methyl sites for hydroxylation is 1. The van der Waals surface area contributed by atoms with Gasteiger partial charge in [-0.2, -0.15) is 0 Å². The molecule has 2 heterocycles. The molecule has 0 amide bonds. The number of benzene rings is 4. The molecule has 1 aliphatic carbocycles. The van der Waals surface area contributed by atoms with Crippen molar-refractivity contribution in [2.75, 3.05) is 122 Å². The third-order valence-electron chi connectivity index (χ3n) is 10.9. The predicted octanol–water partition coefficient (Wildman–Crippen LogP) is 1.29. The SMILES string of the molecule is CC(=O)OCOC(=O)COc1cc2c(cc1-c1c3ccc(=[N+](C)C)cc-3oc3cc(N(C)C)ccc13)OCCOc1cc(C)ccc1N(CC(=O)OCOC(C)=O)CCOCCN2CC(=O)OCOC(C)=O.[Br-]. The summed E-state index contributed by atoms with van der Waals surface area (Å²) in [6, 6.07) is 20.4. The molecule has 0 bridgehead atoms. The number of ether oxygens (including phenoxy) is 10. The third-order valence-corrected chi connectivity index (χ3v) is 10.9. The topological polar surface area (TPSA) is 221 Å². The lowest BCUT2D eigenvalue weighted by molar-refractivity contribution is -0.168. The van der Waals surface area contributed by atoms with Crippen LogP contribution in [-0.4, -0.2) is 144 Å². The summed E-state index contributed by atoms with van der Waals surface area (Å²) in [4.78, 5) is 79.3. The predicted molar refractivity (Wildman–Crippen MR) is 261 cm³/mol. The van der Waals surface area contributed by atoms with Crippen LogP contribution in [0.2, 0.25) is 0 Å². The van der Waals surface area contributed by atoms with Crippen molar-refractivity contribution >= 4 is 63.8 Å². The fraction of sp³-hybridized carbons (Fsp3) is 0.392. The highest BCUT2D eigenvalue weighted by atomic mass is 79.9. The van der Waals surface area contributed by atoms with E-state index in [9.17, 15) is 28.8 Å². The lowest BCUT2D eigenvalue weighted by atomic mass is 9.92. The summed E-state index contributed by atoms with van der Waals surface area (Å²) >= 11 is 0. The van der Waals surface area contributed by atoms with Gasteiger partial charge in [-0.25, -0.2) is 9.37 Å². The number of carbonyl (C=O) groups is 6. The van der Waals surface area contributed by atoms with Crippen LogP contribution < -0.4 is 55.8 Å². The molecule has 0 radical (unpaired) electrons. The molecular weight excluding hydrogens is 1020 g/mol. The van der Waals surface area contributed by atoms with E-state index in [1.165, 1.54) is 20.8 Å². The van der Waals surface area contributed by atoms with Gasteiger partial charge in [0.25, 0.3) is 0 Å². The lowest BCUT2D eigenvalue weighted by Crippen LogP contribution is -3.00. The van der Waals surface area contributed by atoms with Crippen LogP contribution in [0.15, 0.2) is 71.1 Å². The van der Waals surface area contributed by atoms with Gasteiger partial charge in [-0.3, -0.25) is 24.0 Å². The Kier molecular flexibility index (Phi) is 20.6. The zero-order valence-electron chi connectivity index (χ0n) is 41.9. The second-order valence-corrected chi connectivity index (χ2v) is 16.7. The molecule has 3 aromatic rings. The molecule has 0 saturated carbocycles. The Morgan fingerprint density at radius 2 is 1.21 bits per heavy atom. The molecule has 3 aliphatic rings. The fourth-order valence-corrected chi connectivity index (χ4v) is 7.38. The first-order valence-electron chi connectivity index (χ1n) is 22.8.